The number of anilines is 4. The molecule has 0 saturated carbocycles. The van der Waals surface area contributed by atoms with E-state index >= 15 is 0 Å². The van der Waals surface area contributed by atoms with Gasteiger partial charge in [-0.2, -0.15) is 0 Å². The van der Waals surface area contributed by atoms with Gasteiger partial charge in [0.25, 0.3) is 0 Å². The Kier molecular flexibility index (Phi) is 79.6. The summed E-state index contributed by atoms with van der Waals surface area (Å²) in [4.78, 5) is 11.9. The molecule has 0 atom stereocenters. The number of hydrogen-bond acceptors (Lipinski definition) is 28. The maximum Gasteiger partial charge on any atom is 0.231 e. The van der Waals surface area contributed by atoms with E-state index in [1.807, 2.05) is 82.3 Å². The fraction of sp³-hybridized carbons (Fsp3) is 0.469. The number of rotatable bonds is 25. The van der Waals surface area contributed by atoms with Crippen molar-refractivity contribution in [1.29, 1.82) is 0 Å². The van der Waals surface area contributed by atoms with E-state index < -0.39 is 14.3 Å². The molecule has 7 aromatic rings. The van der Waals surface area contributed by atoms with Crippen molar-refractivity contribution in [2.24, 2.45) is 5.73 Å². The molecule has 0 spiro atoms. The van der Waals surface area contributed by atoms with Crippen molar-refractivity contribution in [3.63, 3.8) is 0 Å². The number of amides is 1. The van der Waals surface area contributed by atoms with Gasteiger partial charge < -0.3 is 139 Å². The van der Waals surface area contributed by atoms with Gasteiger partial charge in [0.05, 0.1) is 156 Å². The van der Waals surface area contributed by atoms with Gasteiger partial charge in [-0.1, -0.05) is 78.9 Å². The molecule has 0 aromatic heterocycles. The summed E-state index contributed by atoms with van der Waals surface area (Å²) in [6, 6.07) is 35.5. The molecule has 7 rings (SSSR count). The molecular weight excluding hydrogens is 1490 g/mol. The first-order chi connectivity index (χ1) is 52.5. The van der Waals surface area contributed by atoms with Crippen LogP contribution in [0, 0.1) is 0 Å². The van der Waals surface area contributed by atoms with E-state index in [0.717, 1.165) is 45.2 Å². The minimum Gasteiger partial charge on any atom is -0.497 e. The molecule has 0 unspecified atom stereocenters. The van der Waals surface area contributed by atoms with Crippen molar-refractivity contribution in [1.82, 2.24) is 0 Å². The SMILES string of the molecule is C.C.CC.CC.CN.COC.COC.COC.COc1cc(CO)cc(N)c1OC.COc1cc(CO)cc(NCCP(C)(C)=O)c1OC.COc1cc(CO)cc(OC)c1N.COc1cc(CO)cc(OC)c1NC(=O)CP(C)(C)=O.COc1cccc(CO)c1.COc1cccc(CO)c1.COc1cccc(CO)c1. The average Bonchev–Trinajstić information content (AvgIpc) is 0.635. The van der Waals surface area contributed by atoms with Gasteiger partial charge in [-0.3, -0.25) is 4.79 Å². The zero-order chi connectivity index (χ0) is 85.8. The van der Waals surface area contributed by atoms with E-state index in [-0.39, 0.29) is 73.2 Å². The summed E-state index contributed by atoms with van der Waals surface area (Å²) in [6.07, 6.45) is 0.545. The Labute approximate surface area is 669 Å². The molecule has 15 N–H and O–H groups in total. The van der Waals surface area contributed by atoms with Gasteiger partial charge in [-0.15, -0.1) is 0 Å². The molecule has 0 heterocycles. The highest BCUT2D eigenvalue weighted by molar-refractivity contribution is 7.63. The molecule has 112 heavy (non-hydrogen) atoms. The van der Waals surface area contributed by atoms with Gasteiger partial charge in [0.15, 0.2) is 23.0 Å². The Bertz CT molecular complexity index is 3320. The summed E-state index contributed by atoms with van der Waals surface area (Å²) in [5.41, 5.74) is 23.3. The Balaban J connectivity index is -0.000000184. The lowest BCUT2D eigenvalue weighted by Gasteiger charge is -2.16. The summed E-state index contributed by atoms with van der Waals surface area (Å²) >= 11 is 0. The molecule has 0 aliphatic rings. The van der Waals surface area contributed by atoms with E-state index in [2.05, 4.69) is 30.6 Å². The Hall–Kier alpha value is -8.77. The van der Waals surface area contributed by atoms with Crippen LogP contribution >= 0.6 is 14.3 Å². The second-order valence-electron chi connectivity index (χ2n) is 22.0. The predicted molar refractivity (Wildman–Crippen MR) is 458 cm³/mol. The van der Waals surface area contributed by atoms with Crippen LogP contribution in [-0.4, -0.2) is 215 Å². The van der Waals surface area contributed by atoms with Crippen LogP contribution in [0.2, 0.25) is 0 Å². The zero-order valence-electron chi connectivity index (χ0n) is 69.8. The van der Waals surface area contributed by atoms with Gasteiger partial charge in [0.2, 0.25) is 5.91 Å². The monoisotopic (exact) mass is 1630 g/mol. The van der Waals surface area contributed by atoms with Crippen molar-refractivity contribution < 1.29 is 116 Å². The molecule has 29 nitrogen and oxygen atoms in total. The number of benzene rings is 7. The number of methoxy groups -OCH3 is 14. The zero-order valence-corrected chi connectivity index (χ0v) is 71.6. The largest absolute Gasteiger partial charge is 0.497 e. The topological polar surface area (TPSA) is 424 Å². The van der Waals surface area contributed by atoms with Crippen LogP contribution in [0.15, 0.2) is 121 Å². The highest BCUT2D eigenvalue weighted by Gasteiger charge is 2.20. The molecule has 0 saturated heterocycles. The van der Waals surface area contributed by atoms with E-state index in [1.54, 1.807) is 172 Å². The lowest BCUT2D eigenvalue weighted by atomic mass is 10.1. The van der Waals surface area contributed by atoms with Gasteiger partial charge in [0, 0.05) is 55.4 Å². The number of aliphatic hydroxyl groups is 7. The van der Waals surface area contributed by atoms with E-state index in [9.17, 15) is 19.0 Å². The maximum atomic E-state index is 11.9. The van der Waals surface area contributed by atoms with Crippen molar-refractivity contribution in [3.05, 3.63) is 160 Å². The summed E-state index contributed by atoms with van der Waals surface area (Å²) < 4.78 is 92.0. The lowest BCUT2D eigenvalue weighted by Crippen LogP contribution is -2.17. The molecule has 0 fully saturated rings. The van der Waals surface area contributed by atoms with Crippen LogP contribution in [0.5, 0.6) is 63.2 Å². The molecule has 0 aliphatic carbocycles. The molecule has 0 bridgehead atoms. The second kappa shape index (κ2) is 74.9. The molecular formula is C81H141N5O24P2. The number of ether oxygens (including phenoxy) is 14. The molecule has 31 heteroatoms. The average molecular weight is 1630 g/mol. The third kappa shape index (κ3) is 54.0. The van der Waals surface area contributed by atoms with Crippen molar-refractivity contribution >= 4 is 42.9 Å². The second-order valence-corrected chi connectivity index (χ2v) is 29.0. The molecule has 0 radical (unpaired) electrons. The van der Waals surface area contributed by atoms with Crippen molar-refractivity contribution in [3.8, 4) is 63.2 Å². The van der Waals surface area contributed by atoms with Crippen LogP contribution in [0.1, 0.15) is 81.5 Å². The Morgan fingerprint density at radius 2 is 0.643 bits per heavy atom. The Morgan fingerprint density at radius 3 is 0.911 bits per heavy atom. The third-order valence-electron chi connectivity index (χ3n) is 12.7. The van der Waals surface area contributed by atoms with Crippen molar-refractivity contribution in [2.45, 2.75) is 88.8 Å². The summed E-state index contributed by atoms with van der Waals surface area (Å²) in [5.74, 6) is 5.96. The smallest absolute Gasteiger partial charge is 0.231 e. The highest BCUT2D eigenvalue weighted by atomic mass is 31.2. The summed E-state index contributed by atoms with van der Waals surface area (Å²) in [5, 5.41) is 68.1. The molecule has 7 aromatic carbocycles. The summed E-state index contributed by atoms with van der Waals surface area (Å²) in [7, 11) is 23.7. The normalized spacial score (nSPS) is 9.30. The number of carbonyl (C=O) groups excluding carboxylic acids is 1. The quantitative estimate of drug-likeness (QED) is 0.0187. The van der Waals surface area contributed by atoms with E-state index in [4.69, 9.17) is 94.2 Å². The molecule has 0 aliphatic heterocycles. The first-order valence-electron chi connectivity index (χ1n) is 34.1. The fourth-order valence-electron chi connectivity index (χ4n) is 7.95. The number of hydrogen-bond donors (Lipinski definition) is 12. The van der Waals surface area contributed by atoms with E-state index in [1.165, 1.54) is 49.7 Å². The standard InChI is InChI=1S/C13H20NO5P.C13H22NO4P.2C9H13NO3.3C8H10O2.3C2H6O.2C2H6.CH5N.2CH4/c1-18-10-5-9(7-15)6-11(19-2)13(10)14-12(16)8-20(3,4)17;1-17-12-8-10(9-15)7-11(13(12)18-2)14-5-6-19(3,4)16;1-12-7-3-6(5-11)4-8(13-2)9(7)10;1-12-8-4-6(5-11)3-7(10)9(8)13-2;3*1-10-8-4-2-3-7(5-8)6-9;3*1-3-2;3*1-2;;/h5-6,15H,7-8H2,1-4H3,(H,14,16);7-8,14-15H,5-6,9H2,1-4H3;2*3-4,11H,5,10H2,1-2H3;3*2-5,9H,6H2,1H3;3*1-2H3;2*1-2H3;2H2,1H3;2*1H4. The Morgan fingerprint density at radius 1 is 0.366 bits per heavy atom. The van der Waals surface area contributed by atoms with Crippen LogP contribution in [-0.2, 0) is 74.4 Å². The predicted octanol–water partition coefficient (Wildman–Crippen LogP) is 12.8. The molecule has 644 valence electrons. The first kappa shape index (κ1) is 119. The lowest BCUT2D eigenvalue weighted by molar-refractivity contribution is -0.114. The number of nitrogens with one attached hydrogen (secondary N) is 2. The summed E-state index contributed by atoms with van der Waals surface area (Å²) in [6.45, 7) is 15.0. The number of nitrogens with two attached hydrogens (primary N) is 3. The van der Waals surface area contributed by atoms with Crippen molar-refractivity contribution in [2.75, 3.05) is 196 Å². The fourth-order valence-corrected chi connectivity index (χ4v) is 9.37. The molecule has 1 amide bonds. The number of aliphatic hydroxyl groups excluding tert-OH is 7. The van der Waals surface area contributed by atoms with Gasteiger partial charge in [-0.05, 0) is 158 Å². The van der Waals surface area contributed by atoms with E-state index in [0.29, 0.717) is 92.5 Å². The minimum absolute atomic E-state index is 0. The highest BCUT2D eigenvalue weighted by Crippen LogP contribution is 2.41. The van der Waals surface area contributed by atoms with Crippen LogP contribution in [0.3, 0.4) is 0 Å². The van der Waals surface area contributed by atoms with Crippen LogP contribution < -0.4 is 79.9 Å². The number of nitrogen functional groups attached to an aromatic ring is 2. The third-order valence-corrected chi connectivity index (χ3v) is 15.1. The maximum absolute atomic E-state index is 11.9. The van der Waals surface area contributed by atoms with Gasteiger partial charge >= 0.3 is 0 Å². The number of carbonyl (C=O) groups is 1. The van der Waals surface area contributed by atoms with Gasteiger partial charge in [0.1, 0.15) is 51.6 Å². The minimum atomic E-state index is -2.45. The van der Waals surface area contributed by atoms with Crippen LogP contribution in [0.25, 0.3) is 0 Å². The first-order valence-corrected chi connectivity index (χ1v) is 39.6. The van der Waals surface area contributed by atoms with Crippen LogP contribution in [0.4, 0.5) is 22.7 Å². The van der Waals surface area contributed by atoms with Gasteiger partial charge in [-0.25, -0.2) is 0 Å².